The summed E-state index contributed by atoms with van der Waals surface area (Å²) in [5.41, 5.74) is 3.09. The fourth-order valence-corrected chi connectivity index (χ4v) is 5.13. The molecule has 0 radical (unpaired) electrons. The number of aromatic nitrogens is 1. The van der Waals surface area contributed by atoms with Crippen LogP contribution in [-0.2, 0) is 11.2 Å². The van der Waals surface area contributed by atoms with E-state index in [9.17, 15) is 15.0 Å². The average Bonchev–Trinajstić information content (AvgIpc) is 2.88. The van der Waals surface area contributed by atoms with E-state index in [1.165, 1.54) is 5.56 Å². The number of hydrogen-bond donors (Lipinski definition) is 2. The van der Waals surface area contributed by atoms with Gasteiger partial charge in [0.1, 0.15) is 5.75 Å². The van der Waals surface area contributed by atoms with E-state index in [1.54, 1.807) is 7.11 Å². The summed E-state index contributed by atoms with van der Waals surface area (Å²) in [4.78, 5) is 18.7. The van der Waals surface area contributed by atoms with Crippen molar-refractivity contribution in [2.24, 2.45) is 11.8 Å². The number of ether oxygens (including phenoxy) is 1. The zero-order valence-electron chi connectivity index (χ0n) is 19.8. The first-order chi connectivity index (χ1) is 16.5. The largest absolute Gasteiger partial charge is 0.497 e. The monoisotopic (exact) mass is 462 g/mol. The van der Waals surface area contributed by atoms with E-state index in [1.807, 2.05) is 54.7 Å². The van der Waals surface area contributed by atoms with Crippen molar-refractivity contribution in [1.82, 2.24) is 9.88 Å². The Morgan fingerprint density at radius 1 is 1.21 bits per heavy atom. The minimum Gasteiger partial charge on any atom is -0.497 e. The van der Waals surface area contributed by atoms with E-state index in [4.69, 9.17) is 4.74 Å². The van der Waals surface area contributed by atoms with Gasteiger partial charge in [-0.25, -0.2) is 0 Å². The minimum absolute atomic E-state index is 0.176. The number of piperidine rings is 1. The summed E-state index contributed by atoms with van der Waals surface area (Å²) in [7, 11) is 1.66. The Hall–Kier alpha value is -2.96. The minimum atomic E-state index is -0.711. The molecule has 1 aliphatic heterocycles. The van der Waals surface area contributed by atoms with Crippen LogP contribution < -0.4 is 4.74 Å². The molecule has 0 saturated carbocycles. The number of likely N-dealkylation sites (tertiary alicyclic amines) is 1. The third-order valence-corrected chi connectivity index (χ3v) is 7.12. The molecule has 0 aliphatic carbocycles. The van der Waals surface area contributed by atoms with Crippen LogP contribution >= 0.6 is 0 Å². The second-order valence-electron chi connectivity index (χ2n) is 9.25. The summed E-state index contributed by atoms with van der Waals surface area (Å²) in [6, 6.07) is 17.6. The van der Waals surface area contributed by atoms with Gasteiger partial charge in [-0.3, -0.25) is 9.78 Å². The lowest BCUT2D eigenvalue weighted by molar-refractivity contribution is -0.146. The Kier molecular flexibility index (Phi) is 8.14. The SMILES string of the molecule is COc1ccc2nccc(CCC[C@@H]3CCN(CC[C@@H](O)c4ccccc4)C[C@@H]3C(=O)O)c2c1. The lowest BCUT2D eigenvalue weighted by Crippen LogP contribution is -2.44. The van der Waals surface area contributed by atoms with Gasteiger partial charge in [0.25, 0.3) is 0 Å². The fraction of sp³-hybridized carbons (Fsp3) is 0.429. The van der Waals surface area contributed by atoms with Crippen LogP contribution in [0.5, 0.6) is 5.75 Å². The van der Waals surface area contributed by atoms with Gasteiger partial charge in [0, 0.05) is 24.7 Å². The van der Waals surface area contributed by atoms with Crippen LogP contribution in [0.4, 0.5) is 0 Å². The van der Waals surface area contributed by atoms with Gasteiger partial charge < -0.3 is 19.8 Å². The number of aliphatic hydroxyl groups is 1. The molecule has 1 aromatic heterocycles. The molecule has 34 heavy (non-hydrogen) atoms. The lowest BCUT2D eigenvalue weighted by Gasteiger charge is -2.37. The summed E-state index contributed by atoms with van der Waals surface area (Å²) in [6.45, 7) is 2.14. The van der Waals surface area contributed by atoms with Crippen LogP contribution in [0.1, 0.15) is 42.9 Å². The summed E-state index contributed by atoms with van der Waals surface area (Å²) < 4.78 is 5.37. The van der Waals surface area contributed by atoms with Crippen molar-refractivity contribution in [3.05, 3.63) is 71.9 Å². The third-order valence-electron chi connectivity index (χ3n) is 7.12. The molecule has 6 nitrogen and oxygen atoms in total. The predicted molar refractivity (Wildman–Crippen MR) is 133 cm³/mol. The number of aliphatic carboxylic acids is 1. The normalized spacial score (nSPS) is 19.7. The first kappa shape index (κ1) is 24.2. The highest BCUT2D eigenvalue weighted by atomic mass is 16.5. The predicted octanol–water partition coefficient (Wildman–Crippen LogP) is 4.71. The van der Waals surface area contributed by atoms with Crippen LogP contribution in [0.2, 0.25) is 0 Å². The fourth-order valence-electron chi connectivity index (χ4n) is 5.13. The van der Waals surface area contributed by atoms with Crippen LogP contribution in [0.15, 0.2) is 60.8 Å². The van der Waals surface area contributed by atoms with Gasteiger partial charge in [-0.1, -0.05) is 30.3 Å². The molecule has 2 aromatic carbocycles. The molecule has 0 amide bonds. The van der Waals surface area contributed by atoms with Crippen molar-refractivity contribution in [2.45, 2.75) is 38.2 Å². The zero-order valence-corrected chi connectivity index (χ0v) is 19.8. The van der Waals surface area contributed by atoms with E-state index in [2.05, 4.69) is 16.0 Å². The molecule has 1 fully saturated rings. The quantitative estimate of drug-likeness (QED) is 0.454. The van der Waals surface area contributed by atoms with Crippen LogP contribution in [0.25, 0.3) is 10.9 Å². The van der Waals surface area contributed by atoms with Crippen molar-refractivity contribution < 1.29 is 19.7 Å². The number of rotatable bonds is 10. The number of benzene rings is 2. The van der Waals surface area contributed by atoms with E-state index in [-0.39, 0.29) is 11.8 Å². The van der Waals surface area contributed by atoms with Crippen molar-refractivity contribution in [2.75, 3.05) is 26.7 Å². The van der Waals surface area contributed by atoms with Crippen LogP contribution in [0, 0.1) is 11.8 Å². The maximum absolute atomic E-state index is 12.1. The molecule has 180 valence electrons. The van der Waals surface area contributed by atoms with E-state index in [0.29, 0.717) is 19.5 Å². The Balaban J connectivity index is 1.31. The number of methoxy groups -OCH3 is 1. The maximum Gasteiger partial charge on any atom is 0.308 e. The lowest BCUT2D eigenvalue weighted by atomic mass is 9.81. The van der Waals surface area contributed by atoms with Crippen LogP contribution in [0.3, 0.4) is 0 Å². The summed E-state index contributed by atoms with van der Waals surface area (Å²) >= 11 is 0. The third kappa shape index (κ3) is 5.93. The molecule has 1 saturated heterocycles. The highest BCUT2D eigenvalue weighted by Crippen LogP contribution is 2.30. The Morgan fingerprint density at radius 2 is 2.03 bits per heavy atom. The standard InChI is InChI=1S/C28H34N2O4/c1-34-23-10-11-26-24(18-23)20(12-15-29-26)8-5-9-21-13-16-30(19-25(21)28(32)33)17-14-27(31)22-6-3-2-4-7-22/h2-4,6-7,10-12,15,18,21,25,27,31H,5,8-9,13-14,16-17,19H2,1H3,(H,32,33)/t21-,25+,27-/m1/s1. The molecule has 2 heterocycles. The topological polar surface area (TPSA) is 82.9 Å². The van der Waals surface area contributed by atoms with Crippen molar-refractivity contribution in [3.63, 3.8) is 0 Å². The smallest absolute Gasteiger partial charge is 0.308 e. The first-order valence-corrected chi connectivity index (χ1v) is 12.1. The molecule has 6 heteroatoms. The van der Waals surface area contributed by atoms with E-state index in [0.717, 1.165) is 54.4 Å². The average molecular weight is 463 g/mol. The highest BCUT2D eigenvalue weighted by Gasteiger charge is 2.33. The number of hydrogen-bond acceptors (Lipinski definition) is 5. The molecular formula is C28H34N2O4. The van der Waals surface area contributed by atoms with Gasteiger partial charge in [-0.05, 0) is 80.0 Å². The molecule has 2 N–H and O–H groups in total. The molecule has 3 atom stereocenters. The number of fused-ring (bicyclic) bond motifs is 1. The number of nitrogens with zero attached hydrogens (tertiary/aromatic N) is 2. The molecule has 4 rings (SSSR count). The van der Waals surface area contributed by atoms with Crippen molar-refractivity contribution in [1.29, 1.82) is 0 Å². The summed E-state index contributed by atoms with van der Waals surface area (Å²) in [6.07, 6.45) is 5.54. The maximum atomic E-state index is 12.1. The molecule has 3 aromatic rings. The van der Waals surface area contributed by atoms with Gasteiger partial charge in [0.2, 0.25) is 0 Å². The molecule has 1 aliphatic rings. The number of carboxylic acids is 1. The zero-order chi connectivity index (χ0) is 23.9. The van der Waals surface area contributed by atoms with Crippen molar-refractivity contribution >= 4 is 16.9 Å². The van der Waals surface area contributed by atoms with E-state index < -0.39 is 12.1 Å². The first-order valence-electron chi connectivity index (χ1n) is 12.1. The molecule has 0 spiro atoms. The molecular weight excluding hydrogens is 428 g/mol. The van der Waals surface area contributed by atoms with Crippen LogP contribution in [-0.4, -0.2) is 52.8 Å². The van der Waals surface area contributed by atoms with Gasteiger partial charge in [-0.15, -0.1) is 0 Å². The molecule has 0 unspecified atom stereocenters. The summed E-state index contributed by atoms with van der Waals surface area (Å²) in [5, 5.41) is 21.5. The van der Waals surface area contributed by atoms with Gasteiger partial charge in [-0.2, -0.15) is 0 Å². The molecule has 0 bridgehead atoms. The number of aryl methyl sites for hydroxylation is 1. The van der Waals surface area contributed by atoms with Gasteiger partial charge in [0.15, 0.2) is 0 Å². The number of carboxylic acid groups (broad SMARTS) is 1. The van der Waals surface area contributed by atoms with Gasteiger partial charge >= 0.3 is 5.97 Å². The summed E-state index contributed by atoms with van der Waals surface area (Å²) in [5.74, 6) is -0.0813. The van der Waals surface area contributed by atoms with Crippen molar-refractivity contribution in [3.8, 4) is 5.75 Å². The number of pyridine rings is 1. The highest BCUT2D eigenvalue weighted by molar-refractivity contribution is 5.83. The number of aliphatic hydroxyl groups excluding tert-OH is 1. The second kappa shape index (κ2) is 11.4. The number of carbonyl (C=O) groups is 1. The van der Waals surface area contributed by atoms with E-state index >= 15 is 0 Å². The Bertz CT molecular complexity index is 1090. The Morgan fingerprint density at radius 3 is 2.79 bits per heavy atom. The second-order valence-corrected chi connectivity index (χ2v) is 9.25. The Labute approximate surface area is 201 Å². The van der Waals surface area contributed by atoms with Gasteiger partial charge in [0.05, 0.1) is 24.6 Å².